The molecule has 0 radical (unpaired) electrons. The molecule has 0 saturated heterocycles. The number of hydrogen-bond acceptors (Lipinski definition) is 7. The number of aromatic carboxylic acids is 4. The number of rotatable bonds is 8. The second-order valence-electron chi connectivity index (χ2n) is 4.81. The Balaban J connectivity index is 2.28. The molecular weight excluding hydrogens is 368 g/mol. The van der Waals surface area contributed by atoms with Crippen molar-refractivity contribution in [2.45, 2.75) is 0 Å². The number of carboxylic acids is 4. The number of carbonyl (C=O) groups is 4. The maximum Gasteiger partial charge on any atom is 0.340 e. The van der Waals surface area contributed by atoms with Crippen LogP contribution < -0.4 is 9.78 Å². The summed E-state index contributed by atoms with van der Waals surface area (Å²) in [5.74, 6) is -7.36. The zero-order valence-corrected chi connectivity index (χ0v) is 13.1. The summed E-state index contributed by atoms with van der Waals surface area (Å²) < 4.78 is 0. The van der Waals surface area contributed by atoms with Crippen molar-refractivity contribution in [1.82, 2.24) is 0 Å². The fourth-order valence-corrected chi connectivity index (χ4v) is 2.09. The minimum absolute atomic E-state index is 0.534. The molecule has 0 amide bonds. The number of hydrogen-bond donors (Lipinski definition) is 4. The van der Waals surface area contributed by atoms with E-state index in [1.807, 2.05) is 0 Å². The Morgan fingerprint density at radius 2 is 0.963 bits per heavy atom. The van der Waals surface area contributed by atoms with Gasteiger partial charge in [0.05, 0.1) is 11.1 Å². The van der Waals surface area contributed by atoms with Crippen molar-refractivity contribution in [3.8, 4) is 11.5 Å². The molecule has 0 fully saturated rings. The van der Waals surface area contributed by atoms with Crippen molar-refractivity contribution in [2.24, 2.45) is 0 Å². The lowest BCUT2D eigenvalue weighted by atomic mass is 10.1. The first kappa shape index (κ1) is 19.2. The molecule has 0 atom stereocenters. The molecule has 0 saturated carbocycles. The molecule has 0 unspecified atom stereocenters. The van der Waals surface area contributed by atoms with E-state index in [9.17, 15) is 19.2 Å². The van der Waals surface area contributed by atoms with Crippen molar-refractivity contribution in [1.29, 1.82) is 0 Å². The molecule has 11 nitrogen and oxygen atoms in total. The Bertz CT molecular complexity index is 856. The average Bonchev–Trinajstić information content (AvgIpc) is 2.60. The van der Waals surface area contributed by atoms with Crippen molar-refractivity contribution < 1.29 is 54.4 Å². The predicted molar refractivity (Wildman–Crippen MR) is 83.1 cm³/mol. The van der Waals surface area contributed by atoms with E-state index in [0.717, 1.165) is 24.3 Å². The molecule has 0 aliphatic carbocycles. The van der Waals surface area contributed by atoms with Crippen molar-refractivity contribution in [2.75, 3.05) is 0 Å². The van der Waals surface area contributed by atoms with Gasteiger partial charge in [0, 0.05) is 5.04 Å². The molecule has 0 aliphatic heterocycles. The molecule has 0 aliphatic rings. The van der Waals surface area contributed by atoms with Gasteiger partial charge < -0.3 is 20.4 Å². The first-order valence-corrected chi connectivity index (χ1v) is 6.94. The summed E-state index contributed by atoms with van der Waals surface area (Å²) in [6.45, 7) is 0. The maximum atomic E-state index is 11.3. The Labute approximate surface area is 149 Å². The zero-order chi connectivity index (χ0) is 20.1. The zero-order valence-electron chi connectivity index (χ0n) is 13.1. The van der Waals surface area contributed by atoms with Gasteiger partial charge in [-0.2, -0.15) is 0 Å². The van der Waals surface area contributed by atoms with E-state index in [1.165, 1.54) is 12.1 Å². The van der Waals surface area contributed by atoms with Gasteiger partial charge in [0.15, 0.2) is 11.5 Å². The van der Waals surface area contributed by atoms with Gasteiger partial charge in [0.1, 0.15) is 11.1 Å². The lowest BCUT2D eigenvalue weighted by Crippen LogP contribution is -2.14. The Morgan fingerprint density at radius 1 is 0.593 bits per heavy atom. The number of carboxylic acid groups (broad SMARTS) is 4. The molecule has 4 N–H and O–H groups in total. The standard InChI is InChI=1S/C16H10O11/c17-13(18)7-3-1-5-9(11(7)15(21)22)25-27-26-10-6-2-4-8(14(19)20)12(10)16(23)24/h1-6H,(H,17,18)(H,19,20)(H,21,22)(H,23,24). The van der Waals surface area contributed by atoms with Gasteiger partial charge in [0.2, 0.25) is 0 Å². The van der Waals surface area contributed by atoms with Gasteiger partial charge >= 0.3 is 23.9 Å². The second-order valence-corrected chi connectivity index (χ2v) is 4.81. The minimum Gasteiger partial charge on any atom is -0.478 e. The van der Waals surface area contributed by atoms with Crippen LogP contribution >= 0.6 is 0 Å². The lowest BCUT2D eigenvalue weighted by molar-refractivity contribution is -0.411. The van der Waals surface area contributed by atoms with E-state index in [2.05, 4.69) is 14.8 Å². The van der Waals surface area contributed by atoms with Crippen molar-refractivity contribution >= 4 is 23.9 Å². The van der Waals surface area contributed by atoms with Crippen LogP contribution in [-0.2, 0) is 5.04 Å². The molecular formula is C16H10O11. The van der Waals surface area contributed by atoms with E-state index in [4.69, 9.17) is 20.4 Å². The van der Waals surface area contributed by atoms with Gasteiger partial charge in [-0.05, 0) is 24.3 Å². The highest BCUT2D eigenvalue weighted by molar-refractivity contribution is 6.04. The molecule has 140 valence electrons. The largest absolute Gasteiger partial charge is 0.478 e. The summed E-state index contributed by atoms with van der Waals surface area (Å²) in [6, 6.07) is 6.57. The Hall–Kier alpha value is -4.12. The Kier molecular flexibility index (Phi) is 5.58. The van der Waals surface area contributed by atoms with E-state index in [-0.39, 0.29) is 0 Å². The van der Waals surface area contributed by atoms with Crippen LogP contribution in [0.2, 0.25) is 0 Å². The monoisotopic (exact) mass is 378 g/mol. The third-order valence-electron chi connectivity index (χ3n) is 3.19. The minimum atomic E-state index is -1.62. The first-order chi connectivity index (χ1) is 12.7. The lowest BCUT2D eigenvalue weighted by Gasteiger charge is -2.10. The highest BCUT2D eigenvalue weighted by Crippen LogP contribution is 2.26. The summed E-state index contributed by atoms with van der Waals surface area (Å²) in [4.78, 5) is 53.9. The maximum absolute atomic E-state index is 11.3. The fraction of sp³-hybridized carbons (Fsp3) is 0. The Morgan fingerprint density at radius 3 is 1.26 bits per heavy atom. The molecule has 2 rings (SSSR count). The molecule has 27 heavy (non-hydrogen) atoms. The molecule has 0 heterocycles. The molecule has 11 heteroatoms. The fourth-order valence-electron chi connectivity index (χ4n) is 2.09. The SMILES string of the molecule is O=C(O)c1cccc(OOOc2cccc(C(=O)O)c2C(=O)O)c1C(=O)O. The third kappa shape index (κ3) is 4.11. The van der Waals surface area contributed by atoms with E-state index in [0.29, 0.717) is 0 Å². The van der Waals surface area contributed by atoms with Crippen LogP contribution in [0.4, 0.5) is 0 Å². The summed E-state index contributed by atoms with van der Waals surface area (Å²) >= 11 is 0. The highest BCUT2D eigenvalue weighted by atomic mass is 17.5. The normalized spacial score (nSPS) is 10.1. The van der Waals surface area contributed by atoms with Crippen LogP contribution in [0.25, 0.3) is 0 Å². The van der Waals surface area contributed by atoms with Crippen molar-refractivity contribution in [3.63, 3.8) is 0 Å². The van der Waals surface area contributed by atoms with Crippen LogP contribution in [0, 0.1) is 0 Å². The summed E-state index contributed by atoms with van der Waals surface area (Å²) in [7, 11) is 0. The smallest absolute Gasteiger partial charge is 0.340 e. The second kappa shape index (κ2) is 7.84. The molecule has 0 bridgehead atoms. The summed E-state index contributed by atoms with van der Waals surface area (Å²) in [5.41, 5.74) is -2.62. The van der Waals surface area contributed by atoms with E-state index in [1.54, 1.807) is 0 Å². The molecule has 2 aromatic carbocycles. The van der Waals surface area contributed by atoms with E-state index >= 15 is 0 Å². The van der Waals surface area contributed by atoms with Gasteiger partial charge in [0.25, 0.3) is 0 Å². The quantitative estimate of drug-likeness (QED) is 0.389. The van der Waals surface area contributed by atoms with Crippen LogP contribution in [0.3, 0.4) is 0 Å². The molecule has 0 aromatic heterocycles. The predicted octanol–water partition coefficient (Wildman–Crippen LogP) is 1.78. The van der Waals surface area contributed by atoms with Gasteiger partial charge in [-0.15, -0.1) is 0 Å². The topological polar surface area (TPSA) is 177 Å². The van der Waals surface area contributed by atoms with Gasteiger partial charge in [-0.25, -0.2) is 19.2 Å². The molecule has 0 spiro atoms. The van der Waals surface area contributed by atoms with Gasteiger partial charge in [-0.1, -0.05) is 12.1 Å². The summed E-state index contributed by atoms with van der Waals surface area (Å²) in [6.07, 6.45) is 0. The van der Waals surface area contributed by atoms with Crippen LogP contribution in [0.15, 0.2) is 36.4 Å². The van der Waals surface area contributed by atoms with E-state index < -0.39 is 57.6 Å². The highest BCUT2D eigenvalue weighted by Gasteiger charge is 2.24. The van der Waals surface area contributed by atoms with Gasteiger partial charge in [-0.3, -0.25) is 9.78 Å². The van der Waals surface area contributed by atoms with Crippen molar-refractivity contribution in [3.05, 3.63) is 58.7 Å². The van der Waals surface area contributed by atoms with Crippen LogP contribution in [0.1, 0.15) is 41.4 Å². The first-order valence-electron chi connectivity index (χ1n) is 6.94. The molecule has 2 aromatic rings. The van der Waals surface area contributed by atoms with Crippen LogP contribution in [-0.4, -0.2) is 44.3 Å². The average molecular weight is 378 g/mol. The summed E-state index contributed by atoms with van der Waals surface area (Å²) in [5, 5.41) is 40.7. The third-order valence-corrected chi connectivity index (χ3v) is 3.19. The van der Waals surface area contributed by atoms with Crippen LogP contribution in [0.5, 0.6) is 11.5 Å². The number of benzene rings is 2.